The highest BCUT2D eigenvalue weighted by molar-refractivity contribution is 7.59. The Labute approximate surface area is 76.1 Å². The molecule has 0 bridgehead atoms. The molecule has 0 saturated carbocycles. The van der Waals surface area contributed by atoms with Gasteiger partial charge in [0.25, 0.3) is 0 Å². The van der Waals surface area contributed by atoms with Crippen LogP contribution in [0.3, 0.4) is 0 Å². The Hall–Kier alpha value is 0.190. The van der Waals surface area contributed by atoms with Crippen LogP contribution < -0.4 is 0 Å². The third-order valence-electron chi connectivity index (χ3n) is 1.67. The van der Waals surface area contributed by atoms with E-state index in [4.69, 9.17) is 4.52 Å². The van der Waals surface area contributed by atoms with Crippen LogP contribution in [0.1, 0.15) is 41.5 Å². The highest BCUT2D eigenvalue weighted by atomic mass is 31.2. The predicted molar refractivity (Wildman–Crippen MR) is 54.1 cm³/mol. The van der Waals surface area contributed by atoms with Crippen LogP contribution in [0.5, 0.6) is 0 Å². The van der Waals surface area contributed by atoms with E-state index in [9.17, 15) is 4.57 Å². The molecule has 12 heavy (non-hydrogen) atoms. The summed E-state index contributed by atoms with van der Waals surface area (Å²) in [7, 11) is -2.50. The van der Waals surface area contributed by atoms with Gasteiger partial charge < -0.3 is 4.52 Å². The second-order valence-corrected chi connectivity index (χ2v) is 8.44. The van der Waals surface area contributed by atoms with Gasteiger partial charge in [-0.15, -0.1) is 0 Å². The van der Waals surface area contributed by atoms with Gasteiger partial charge in [0.15, 0.2) is 0 Å². The molecule has 0 amide bonds. The van der Waals surface area contributed by atoms with E-state index in [-0.39, 0.29) is 10.8 Å². The zero-order valence-corrected chi connectivity index (χ0v) is 10.2. The van der Waals surface area contributed by atoms with Crippen LogP contribution in [-0.4, -0.2) is 17.4 Å². The zero-order chi connectivity index (χ0) is 10.2. The molecule has 0 N–H and O–H groups in total. The van der Waals surface area contributed by atoms with Crippen LogP contribution in [0, 0.1) is 0 Å². The van der Waals surface area contributed by atoms with E-state index < -0.39 is 7.37 Å². The Morgan fingerprint density at radius 2 is 1.33 bits per heavy atom. The molecular formula is C9H21O2P. The van der Waals surface area contributed by atoms with Gasteiger partial charge in [-0.25, -0.2) is 0 Å². The molecule has 74 valence electrons. The Morgan fingerprint density at radius 3 is 1.42 bits per heavy atom. The molecule has 0 rings (SSSR count). The second kappa shape index (κ2) is 3.16. The van der Waals surface area contributed by atoms with Crippen molar-refractivity contribution in [2.24, 2.45) is 0 Å². The maximum Gasteiger partial charge on any atom is 0.205 e. The van der Waals surface area contributed by atoms with E-state index in [2.05, 4.69) is 0 Å². The maximum absolute atomic E-state index is 12.0. The third kappa shape index (κ3) is 3.73. The molecule has 0 aliphatic carbocycles. The van der Waals surface area contributed by atoms with Crippen LogP contribution in [0.25, 0.3) is 0 Å². The van der Waals surface area contributed by atoms with Crippen molar-refractivity contribution in [1.29, 1.82) is 0 Å². The van der Waals surface area contributed by atoms with Crippen LogP contribution in [0.2, 0.25) is 0 Å². The lowest BCUT2D eigenvalue weighted by molar-refractivity contribution is 0.130. The summed E-state index contributed by atoms with van der Waals surface area (Å²) in [5.41, 5.74) is -0.322. The highest BCUT2D eigenvalue weighted by Crippen LogP contribution is 2.57. The average molecular weight is 192 g/mol. The number of hydrogen-bond acceptors (Lipinski definition) is 2. The molecule has 0 heterocycles. The van der Waals surface area contributed by atoms with Crippen LogP contribution in [0.15, 0.2) is 0 Å². The van der Waals surface area contributed by atoms with Crippen molar-refractivity contribution in [3.63, 3.8) is 0 Å². The summed E-state index contributed by atoms with van der Waals surface area (Å²) in [5.74, 6) is 0. The Kier molecular flexibility index (Phi) is 3.21. The van der Waals surface area contributed by atoms with Gasteiger partial charge in [-0.1, -0.05) is 20.8 Å². The monoisotopic (exact) mass is 192 g/mol. The number of hydrogen-bond donors (Lipinski definition) is 0. The van der Waals surface area contributed by atoms with Gasteiger partial charge in [0.05, 0.1) is 5.60 Å². The van der Waals surface area contributed by atoms with Crippen molar-refractivity contribution in [3.8, 4) is 0 Å². The largest absolute Gasteiger partial charge is 0.322 e. The fraction of sp³-hybridized carbons (Fsp3) is 1.00. The lowest BCUT2D eigenvalue weighted by Gasteiger charge is -2.33. The van der Waals surface area contributed by atoms with Crippen molar-refractivity contribution in [1.82, 2.24) is 0 Å². The summed E-state index contributed by atoms with van der Waals surface area (Å²) >= 11 is 0. The van der Waals surface area contributed by atoms with E-state index in [1.54, 1.807) is 6.66 Å². The normalized spacial score (nSPS) is 18.9. The molecule has 0 spiro atoms. The van der Waals surface area contributed by atoms with Crippen LogP contribution >= 0.6 is 7.37 Å². The van der Waals surface area contributed by atoms with E-state index in [0.717, 1.165) is 0 Å². The molecule has 0 aliphatic rings. The molecule has 3 heteroatoms. The topological polar surface area (TPSA) is 26.3 Å². The quantitative estimate of drug-likeness (QED) is 0.594. The zero-order valence-electron chi connectivity index (χ0n) is 9.26. The van der Waals surface area contributed by atoms with Gasteiger partial charge in [-0.2, -0.15) is 0 Å². The summed E-state index contributed by atoms with van der Waals surface area (Å²) in [5, 5.41) is -0.264. The van der Waals surface area contributed by atoms with Crippen molar-refractivity contribution in [2.45, 2.75) is 52.3 Å². The molecule has 0 aromatic rings. The minimum Gasteiger partial charge on any atom is -0.322 e. The minimum atomic E-state index is -2.50. The van der Waals surface area contributed by atoms with Crippen LogP contribution in [-0.2, 0) is 9.09 Å². The van der Waals surface area contributed by atoms with E-state index in [1.807, 2.05) is 41.5 Å². The molecule has 0 aliphatic heterocycles. The minimum absolute atomic E-state index is 0.264. The van der Waals surface area contributed by atoms with Crippen molar-refractivity contribution < 1.29 is 9.09 Å². The van der Waals surface area contributed by atoms with Gasteiger partial charge in [0, 0.05) is 11.8 Å². The second-order valence-electron chi connectivity index (χ2n) is 5.22. The molecular weight excluding hydrogens is 171 g/mol. The average Bonchev–Trinajstić information content (AvgIpc) is 1.52. The lowest BCUT2D eigenvalue weighted by atomic mass is 10.2. The smallest absolute Gasteiger partial charge is 0.205 e. The molecule has 2 nitrogen and oxygen atoms in total. The molecule has 1 unspecified atom stereocenters. The van der Waals surface area contributed by atoms with Crippen molar-refractivity contribution in [2.75, 3.05) is 6.66 Å². The molecule has 0 aromatic heterocycles. The highest BCUT2D eigenvalue weighted by Gasteiger charge is 2.36. The summed E-state index contributed by atoms with van der Waals surface area (Å²) in [6, 6.07) is 0. The first-order chi connectivity index (χ1) is 4.96. The standard InChI is InChI=1S/C9H21O2P/c1-8(2,3)11-12(7,10)9(4,5)6/h1-7H3. The Bertz CT molecular complexity index is 196. The summed E-state index contributed by atoms with van der Waals surface area (Å²) in [6.07, 6.45) is 0. The van der Waals surface area contributed by atoms with Crippen molar-refractivity contribution in [3.05, 3.63) is 0 Å². The first-order valence-corrected chi connectivity index (χ1v) is 6.31. The first kappa shape index (κ1) is 12.2. The van der Waals surface area contributed by atoms with Crippen molar-refractivity contribution >= 4 is 7.37 Å². The van der Waals surface area contributed by atoms with Gasteiger partial charge in [-0.05, 0) is 20.8 Å². The summed E-state index contributed by atoms with van der Waals surface area (Å²) in [4.78, 5) is 0. The Morgan fingerprint density at radius 1 is 1.00 bits per heavy atom. The molecule has 0 fully saturated rings. The maximum atomic E-state index is 12.0. The first-order valence-electron chi connectivity index (χ1n) is 4.24. The van der Waals surface area contributed by atoms with Gasteiger partial charge in [-0.3, -0.25) is 4.57 Å². The van der Waals surface area contributed by atoms with E-state index >= 15 is 0 Å². The van der Waals surface area contributed by atoms with Gasteiger partial charge >= 0.3 is 0 Å². The Balaban J connectivity index is 4.57. The summed E-state index contributed by atoms with van der Waals surface area (Å²) in [6.45, 7) is 13.3. The van der Waals surface area contributed by atoms with Gasteiger partial charge in [0.2, 0.25) is 7.37 Å². The van der Waals surface area contributed by atoms with Gasteiger partial charge in [0.1, 0.15) is 0 Å². The molecule has 0 aromatic carbocycles. The molecule has 1 atom stereocenters. The lowest BCUT2D eigenvalue weighted by Crippen LogP contribution is -2.24. The molecule has 0 saturated heterocycles. The third-order valence-corrected chi connectivity index (χ3v) is 5.00. The molecule has 0 radical (unpaired) electrons. The fourth-order valence-corrected chi connectivity index (χ4v) is 1.98. The SMILES string of the molecule is CC(C)(C)OP(C)(=O)C(C)(C)C. The summed E-state index contributed by atoms with van der Waals surface area (Å²) < 4.78 is 17.6. The van der Waals surface area contributed by atoms with E-state index in [0.29, 0.717) is 0 Å². The van der Waals surface area contributed by atoms with Crippen LogP contribution in [0.4, 0.5) is 0 Å². The predicted octanol–water partition coefficient (Wildman–Crippen LogP) is 3.51. The fourth-order valence-electron chi connectivity index (χ4n) is 0.660. The number of rotatable bonds is 1. The van der Waals surface area contributed by atoms with E-state index in [1.165, 1.54) is 0 Å².